The van der Waals surface area contributed by atoms with E-state index in [1.165, 1.54) is 20.0 Å². The Hall–Kier alpha value is -1.10. The number of fused-ring (bicyclic) bond motifs is 2. The van der Waals surface area contributed by atoms with E-state index in [-0.39, 0.29) is 11.7 Å². The topological polar surface area (TPSA) is 52.1 Å². The molecular weight excluding hydrogens is 248 g/mol. The van der Waals surface area contributed by atoms with E-state index in [0.717, 1.165) is 12.8 Å². The van der Waals surface area contributed by atoms with Crippen LogP contribution in [0.1, 0.15) is 36.0 Å². The van der Waals surface area contributed by atoms with E-state index in [4.69, 9.17) is 4.74 Å². The maximum Gasteiger partial charge on any atom is 0.316 e. The molecule has 2 bridgehead atoms. The average molecular weight is 264 g/mol. The van der Waals surface area contributed by atoms with Crippen molar-refractivity contribution < 1.29 is 9.53 Å². The molecule has 2 saturated heterocycles. The number of nitrogens with zero attached hydrogens (tertiary/aromatic N) is 2. The normalized spacial score (nSPS) is 30.2. The molecule has 0 amide bonds. The van der Waals surface area contributed by atoms with Gasteiger partial charge in [-0.05, 0) is 25.7 Å². The number of methoxy groups -OCH3 is 1. The van der Waals surface area contributed by atoms with Crippen molar-refractivity contribution in [1.29, 1.82) is 0 Å². The first-order valence-corrected chi connectivity index (χ1v) is 7.26. The minimum atomic E-state index is 0.167. The average Bonchev–Trinajstić information content (AvgIpc) is 2.77. The molecule has 0 N–H and O–H groups in total. The van der Waals surface area contributed by atoms with Crippen molar-refractivity contribution in [3.05, 3.63) is 18.0 Å². The lowest BCUT2D eigenvalue weighted by Gasteiger charge is -2.26. The first kappa shape index (κ1) is 12.0. The third kappa shape index (κ3) is 2.23. The Morgan fingerprint density at radius 3 is 2.44 bits per heavy atom. The number of Topliss-reactive ketones (excluding diaryl/α,β-unsaturated/α-hetero) is 1. The van der Waals surface area contributed by atoms with Crippen LogP contribution in [0.2, 0.25) is 0 Å². The lowest BCUT2D eigenvalue weighted by molar-refractivity contribution is 0.0906. The summed E-state index contributed by atoms with van der Waals surface area (Å²) >= 11 is 2.07. The van der Waals surface area contributed by atoms with Gasteiger partial charge in [0.15, 0.2) is 5.78 Å². The number of ketones is 1. The summed E-state index contributed by atoms with van der Waals surface area (Å²) < 4.78 is 4.90. The summed E-state index contributed by atoms with van der Waals surface area (Å²) in [4.78, 5) is 20.4. The minimum Gasteiger partial charge on any atom is -0.467 e. The van der Waals surface area contributed by atoms with Crippen LogP contribution in [0.3, 0.4) is 0 Å². The largest absolute Gasteiger partial charge is 0.467 e. The van der Waals surface area contributed by atoms with Crippen LogP contribution < -0.4 is 4.74 Å². The molecule has 1 aromatic heterocycles. The van der Waals surface area contributed by atoms with Gasteiger partial charge in [-0.2, -0.15) is 11.8 Å². The molecular formula is C13H16N2O2S. The van der Waals surface area contributed by atoms with Crippen molar-refractivity contribution in [2.75, 3.05) is 7.11 Å². The monoisotopic (exact) mass is 264 g/mol. The summed E-state index contributed by atoms with van der Waals surface area (Å²) in [7, 11) is 1.52. The van der Waals surface area contributed by atoms with Gasteiger partial charge in [0, 0.05) is 28.8 Å². The van der Waals surface area contributed by atoms with Crippen LogP contribution in [0, 0.1) is 5.92 Å². The predicted octanol–water partition coefficient (Wildman–Crippen LogP) is 2.34. The molecule has 2 fully saturated rings. The zero-order valence-corrected chi connectivity index (χ0v) is 11.2. The van der Waals surface area contributed by atoms with Crippen LogP contribution in [-0.4, -0.2) is 33.4 Å². The quantitative estimate of drug-likeness (QED) is 0.784. The number of thioether (sulfide) groups is 1. The van der Waals surface area contributed by atoms with Crippen LogP contribution in [-0.2, 0) is 0 Å². The minimum absolute atomic E-state index is 0.167. The Morgan fingerprint density at radius 1 is 1.28 bits per heavy atom. The molecule has 96 valence electrons. The molecule has 1 aromatic rings. The molecule has 2 unspecified atom stereocenters. The first-order valence-electron chi connectivity index (χ1n) is 6.32. The van der Waals surface area contributed by atoms with E-state index in [2.05, 4.69) is 21.7 Å². The van der Waals surface area contributed by atoms with E-state index < -0.39 is 0 Å². The highest BCUT2D eigenvalue weighted by atomic mass is 32.2. The van der Waals surface area contributed by atoms with Gasteiger partial charge in [0.2, 0.25) is 0 Å². The standard InChI is InChI=1S/C13H16N2O2S/c1-17-13-14-6-9(7-15-13)12(16)8-4-10-2-3-11(5-8)18-10/h6-8,10-11H,2-5H2,1H3. The molecule has 0 radical (unpaired) electrons. The number of aromatic nitrogens is 2. The number of hydrogen-bond donors (Lipinski definition) is 0. The van der Waals surface area contributed by atoms with Crippen LogP contribution in [0.4, 0.5) is 0 Å². The lowest BCUT2D eigenvalue weighted by Crippen LogP contribution is -2.25. The van der Waals surface area contributed by atoms with Crippen LogP contribution in [0.25, 0.3) is 0 Å². The summed E-state index contributed by atoms with van der Waals surface area (Å²) in [5.74, 6) is 0.371. The highest BCUT2D eigenvalue weighted by molar-refractivity contribution is 8.00. The number of rotatable bonds is 3. The van der Waals surface area contributed by atoms with E-state index in [1.807, 2.05) is 0 Å². The third-order valence-electron chi connectivity index (χ3n) is 3.76. The van der Waals surface area contributed by atoms with Gasteiger partial charge in [0.1, 0.15) is 0 Å². The van der Waals surface area contributed by atoms with Crippen LogP contribution in [0.5, 0.6) is 6.01 Å². The summed E-state index contributed by atoms with van der Waals surface area (Å²) in [6, 6.07) is 0.311. The maximum atomic E-state index is 12.4. The summed E-state index contributed by atoms with van der Waals surface area (Å²) in [6.45, 7) is 0. The summed E-state index contributed by atoms with van der Waals surface area (Å²) in [5.41, 5.74) is 0.618. The molecule has 0 spiro atoms. The zero-order chi connectivity index (χ0) is 12.5. The van der Waals surface area contributed by atoms with Crippen LogP contribution in [0.15, 0.2) is 12.4 Å². The van der Waals surface area contributed by atoms with Crippen molar-refractivity contribution in [3.63, 3.8) is 0 Å². The van der Waals surface area contributed by atoms with Gasteiger partial charge >= 0.3 is 6.01 Å². The van der Waals surface area contributed by atoms with Gasteiger partial charge in [0.05, 0.1) is 12.7 Å². The Bertz CT molecular complexity index is 437. The Morgan fingerprint density at radius 2 is 1.89 bits per heavy atom. The molecule has 2 aliphatic heterocycles. The first-order chi connectivity index (χ1) is 8.76. The molecule has 0 aliphatic carbocycles. The summed E-state index contributed by atoms with van der Waals surface area (Å²) in [5, 5.41) is 1.38. The Balaban J connectivity index is 1.73. The fourth-order valence-corrected chi connectivity index (χ4v) is 4.63. The number of carbonyl (C=O) groups excluding carboxylic acids is 1. The molecule has 0 aromatic carbocycles. The second kappa shape index (κ2) is 4.88. The van der Waals surface area contributed by atoms with Gasteiger partial charge < -0.3 is 4.74 Å². The molecule has 3 heterocycles. The van der Waals surface area contributed by atoms with E-state index in [1.54, 1.807) is 12.4 Å². The fourth-order valence-electron chi connectivity index (χ4n) is 2.86. The Kier molecular flexibility index (Phi) is 3.24. The smallest absolute Gasteiger partial charge is 0.316 e. The Labute approximate surface area is 111 Å². The number of carbonyl (C=O) groups is 1. The van der Waals surface area contributed by atoms with Gasteiger partial charge in [-0.1, -0.05) is 0 Å². The van der Waals surface area contributed by atoms with Crippen molar-refractivity contribution >= 4 is 17.5 Å². The van der Waals surface area contributed by atoms with Crippen molar-refractivity contribution in [3.8, 4) is 6.01 Å². The van der Waals surface area contributed by atoms with Gasteiger partial charge in [-0.3, -0.25) is 4.79 Å². The van der Waals surface area contributed by atoms with E-state index in [0.29, 0.717) is 22.1 Å². The molecule has 4 nitrogen and oxygen atoms in total. The molecule has 0 saturated carbocycles. The molecule has 2 atom stereocenters. The maximum absolute atomic E-state index is 12.4. The number of ether oxygens (including phenoxy) is 1. The van der Waals surface area contributed by atoms with E-state index >= 15 is 0 Å². The number of hydrogen-bond acceptors (Lipinski definition) is 5. The highest BCUT2D eigenvalue weighted by Gasteiger charge is 2.37. The van der Waals surface area contributed by atoms with Gasteiger partial charge in [-0.25, -0.2) is 9.97 Å². The van der Waals surface area contributed by atoms with Crippen molar-refractivity contribution in [2.24, 2.45) is 5.92 Å². The van der Waals surface area contributed by atoms with Crippen molar-refractivity contribution in [2.45, 2.75) is 36.2 Å². The molecule has 18 heavy (non-hydrogen) atoms. The lowest BCUT2D eigenvalue weighted by atomic mass is 9.91. The fraction of sp³-hybridized carbons (Fsp3) is 0.615. The van der Waals surface area contributed by atoms with Crippen LogP contribution >= 0.6 is 11.8 Å². The summed E-state index contributed by atoms with van der Waals surface area (Å²) in [6.07, 6.45) is 7.75. The predicted molar refractivity (Wildman–Crippen MR) is 70.0 cm³/mol. The molecule has 3 rings (SSSR count). The molecule has 2 aliphatic rings. The van der Waals surface area contributed by atoms with Gasteiger partial charge in [0.25, 0.3) is 0 Å². The van der Waals surface area contributed by atoms with Gasteiger partial charge in [-0.15, -0.1) is 0 Å². The third-order valence-corrected chi connectivity index (χ3v) is 5.38. The second-order valence-electron chi connectivity index (χ2n) is 4.95. The zero-order valence-electron chi connectivity index (χ0n) is 10.3. The second-order valence-corrected chi connectivity index (χ2v) is 6.55. The SMILES string of the molecule is COc1ncc(C(=O)C2CC3CCC(C2)S3)cn1. The van der Waals surface area contributed by atoms with Crippen molar-refractivity contribution in [1.82, 2.24) is 9.97 Å². The van der Waals surface area contributed by atoms with E-state index in [9.17, 15) is 4.79 Å². The molecule has 5 heteroatoms. The highest BCUT2D eigenvalue weighted by Crippen LogP contribution is 2.46.